The molecule has 0 rings (SSSR count). The zero-order chi connectivity index (χ0) is 10.2. The van der Waals surface area contributed by atoms with E-state index in [-0.39, 0.29) is 0 Å². The first-order valence-electron chi connectivity index (χ1n) is 2.82. The van der Waals surface area contributed by atoms with Crippen molar-refractivity contribution in [3.8, 4) is 0 Å². The Balaban J connectivity index is 4.57. The molecule has 0 bridgehead atoms. The van der Waals surface area contributed by atoms with Gasteiger partial charge in [-0.05, 0) is 6.92 Å². The third-order valence-corrected chi connectivity index (χ3v) is 1.99. The Labute approximate surface area is 78.5 Å². The summed E-state index contributed by atoms with van der Waals surface area (Å²) in [6.07, 6.45) is -9.58. The molecule has 12 heavy (non-hydrogen) atoms. The van der Waals surface area contributed by atoms with E-state index in [0.717, 1.165) is 29.5 Å². The molecule has 0 aliphatic heterocycles. The Morgan fingerprint density at radius 2 is 1.42 bits per heavy atom. The summed E-state index contributed by atoms with van der Waals surface area (Å²) in [4.78, 5) is 0. The minimum Gasteiger partial charge on any atom is -0.231 e. The van der Waals surface area contributed by atoms with E-state index in [4.69, 9.17) is 0 Å². The molecule has 7 heteroatoms. The van der Waals surface area contributed by atoms with E-state index >= 15 is 0 Å². The summed E-state index contributed by atoms with van der Waals surface area (Å²) in [5, 5.41) is 0. The number of hydrogen-bond acceptors (Lipinski definition) is 0. The highest BCUT2D eigenvalue weighted by Gasteiger charge is 2.58. The van der Waals surface area contributed by atoms with Crippen molar-refractivity contribution >= 4 is 22.6 Å². The van der Waals surface area contributed by atoms with Crippen molar-refractivity contribution in [1.82, 2.24) is 0 Å². The molecule has 0 heterocycles. The van der Waals surface area contributed by atoms with Gasteiger partial charge in [-0.25, -0.2) is 13.2 Å². The normalized spacial score (nSPS) is 19.0. The van der Waals surface area contributed by atoms with Crippen molar-refractivity contribution in [2.45, 2.75) is 29.1 Å². The molecule has 0 amide bonds. The Morgan fingerprint density at radius 1 is 1.08 bits per heavy atom. The summed E-state index contributed by atoms with van der Waals surface area (Å²) < 4.78 is 69.4. The van der Waals surface area contributed by atoms with Crippen LogP contribution in [0.1, 0.15) is 6.92 Å². The SMILES string of the molecule is CC(I)C(F)(F)C(F)C(F)(F)F. The molecule has 74 valence electrons. The van der Waals surface area contributed by atoms with Gasteiger partial charge in [0.15, 0.2) is 0 Å². The highest BCUT2D eigenvalue weighted by molar-refractivity contribution is 14.1. The van der Waals surface area contributed by atoms with Crippen LogP contribution in [0.5, 0.6) is 0 Å². The number of halogens is 7. The van der Waals surface area contributed by atoms with Gasteiger partial charge >= 0.3 is 6.18 Å². The quantitative estimate of drug-likeness (QED) is 0.417. The summed E-state index contributed by atoms with van der Waals surface area (Å²) in [5.41, 5.74) is 0. The lowest BCUT2D eigenvalue weighted by Gasteiger charge is -2.24. The van der Waals surface area contributed by atoms with Crippen LogP contribution in [0.15, 0.2) is 0 Å². The van der Waals surface area contributed by atoms with Crippen LogP contribution in [0.3, 0.4) is 0 Å². The van der Waals surface area contributed by atoms with Crippen molar-refractivity contribution in [2.75, 3.05) is 0 Å². The standard InChI is InChI=1S/C5H5F6I/c1-2(12)4(7,8)3(6)5(9,10)11/h2-3H,1H3. The average Bonchev–Trinajstić information content (AvgIpc) is 1.83. The lowest BCUT2D eigenvalue weighted by molar-refractivity contribution is -0.241. The van der Waals surface area contributed by atoms with Crippen molar-refractivity contribution in [2.24, 2.45) is 0 Å². The van der Waals surface area contributed by atoms with Crippen LogP contribution in [0.4, 0.5) is 26.3 Å². The second-order valence-electron chi connectivity index (χ2n) is 2.19. The minimum atomic E-state index is -5.50. The van der Waals surface area contributed by atoms with E-state index in [1.54, 1.807) is 0 Å². The van der Waals surface area contributed by atoms with Gasteiger partial charge in [0.2, 0.25) is 0 Å². The van der Waals surface area contributed by atoms with E-state index in [2.05, 4.69) is 0 Å². The summed E-state index contributed by atoms with van der Waals surface area (Å²) in [5.74, 6) is -4.36. The van der Waals surface area contributed by atoms with Crippen LogP contribution in [-0.2, 0) is 0 Å². The van der Waals surface area contributed by atoms with Crippen LogP contribution in [0.25, 0.3) is 0 Å². The van der Waals surface area contributed by atoms with Gasteiger partial charge in [0.25, 0.3) is 12.1 Å². The van der Waals surface area contributed by atoms with Gasteiger partial charge in [-0.1, -0.05) is 22.6 Å². The van der Waals surface area contributed by atoms with E-state index in [0.29, 0.717) is 0 Å². The number of hydrogen-bond donors (Lipinski definition) is 0. The molecule has 0 nitrogen and oxygen atoms in total. The largest absolute Gasteiger partial charge is 0.425 e. The third-order valence-electron chi connectivity index (χ3n) is 1.16. The summed E-state index contributed by atoms with van der Waals surface area (Å²) in [6, 6.07) is 0. The molecule has 0 radical (unpaired) electrons. The molecule has 0 aromatic heterocycles. The lowest BCUT2D eigenvalue weighted by atomic mass is 10.1. The minimum absolute atomic E-state index is 0.818. The first kappa shape index (κ1) is 12.3. The van der Waals surface area contributed by atoms with Crippen LogP contribution in [0, 0.1) is 0 Å². The molecule has 0 spiro atoms. The van der Waals surface area contributed by atoms with E-state index in [1.807, 2.05) is 0 Å². The fourth-order valence-corrected chi connectivity index (χ4v) is 0.736. The van der Waals surface area contributed by atoms with E-state index < -0.39 is 22.2 Å². The maximum atomic E-state index is 12.3. The Bertz CT molecular complexity index is 151. The smallest absolute Gasteiger partial charge is 0.231 e. The molecule has 0 aromatic carbocycles. The zero-order valence-electron chi connectivity index (χ0n) is 5.80. The van der Waals surface area contributed by atoms with Crippen LogP contribution in [-0.4, -0.2) is 22.2 Å². The average molecular weight is 306 g/mol. The molecular formula is C5H5F6I. The van der Waals surface area contributed by atoms with Crippen molar-refractivity contribution < 1.29 is 26.3 Å². The molecule has 0 fully saturated rings. The molecule has 2 atom stereocenters. The predicted octanol–water partition coefficient (Wildman–Crippen LogP) is 3.35. The Kier molecular flexibility index (Phi) is 3.68. The van der Waals surface area contributed by atoms with Gasteiger partial charge in [0.1, 0.15) is 0 Å². The highest BCUT2D eigenvalue weighted by atomic mass is 127. The van der Waals surface area contributed by atoms with Gasteiger partial charge in [-0.15, -0.1) is 0 Å². The van der Waals surface area contributed by atoms with Gasteiger partial charge in [0, 0.05) is 0 Å². The summed E-state index contributed by atoms with van der Waals surface area (Å²) in [6.45, 7) is 0.818. The van der Waals surface area contributed by atoms with Crippen molar-refractivity contribution in [1.29, 1.82) is 0 Å². The maximum absolute atomic E-state index is 12.3. The molecule has 0 aliphatic rings. The molecule has 0 saturated carbocycles. The molecule has 0 aromatic rings. The molecule has 0 saturated heterocycles. The van der Waals surface area contributed by atoms with E-state index in [9.17, 15) is 26.3 Å². The first-order chi connectivity index (χ1) is 5.10. The second kappa shape index (κ2) is 3.59. The lowest BCUT2D eigenvalue weighted by Crippen LogP contribution is -2.46. The van der Waals surface area contributed by atoms with Gasteiger partial charge in [-0.2, -0.15) is 13.2 Å². The molecule has 0 aliphatic carbocycles. The van der Waals surface area contributed by atoms with Gasteiger partial charge in [0.05, 0.1) is 3.92 Å². The number of alkyl halides is 7. The third kappa shape index (κ3) is 2.67. The van der Waals surface area contributed by atoms with Gasteiger partial charge < -0.3 is 0 Å². The summed E-state index contributed by atoms with van der Waals surface area (Å²) >= 11 is 1.05. The van der Waals surface area contributed by atoms with Crippen LogP contribution in [0.2, 0.25) is 0 Å². The van der Waals surface area contributed by atoms with E-state index in [1.165, 1.54) is 0 Å². The molecule has 0 N–H and O–H groups in total. The molecule has 2 unspecified atom stereocenters. The first-order valence-corrected chi connectivity index (χ1v) is 4.07. The topological polar surface area (TPSA) is 0 Å². The summed E-state index contributed by atoms with van der Waals surface area (Å²) in [7, 11) is 0. The fraction of sp³-hybridized carbons (Fsp3) is 1.00. The fourth-order valence-electron chi connectivity index (χ4n) is 0.420. The van der Waals surface area contributed by atoms with Gasteiger partial charge in [-0.3, -0.25) is 0 Å². The zero-order valence-corrected chi connectivity index (χ0v) is 7.96. The maximum Gasteiger partial charge on any atom is 0.425 e. The highest BCUT2D eigenvalue weighted by Crippen LogP contribution is 2.39. The van der Waals surface area contributed by atoms with Crippen molar-refractivity contribution in [3.05, 3.63) is 0 Å². The number of rotatable bonds is 2. The Hall–Kier alpha value is 0.310. The van der Waals surface area contributed by atoms with Crippen molar-refractivity contribution in [3.63, 3.8) is 0 Å². The monoisotopic (exact) mass is 306 g/mol. The second-order valence-corrected chi connectivity index (χ2v) is 4.06. The van der Waals surface area contributed by atoms with Crippen LogP contribution < -0.4 is 0 Å². The predicted molar refractivity (Wildman–Crippen MR) is 39.4 cm³/mol. The van der Waals surface area contributed by atoms with Crippen LogP contribution >= 0.6 is 22.6 Å². The Morgan fingerprint density at radius 3 is 1.50 bits per heavy atom. The molecular weight excluding hydrogens is 301 g/mol.